The third kappa shape index (κ3) is 6.50. The van der Waals surface area contributed by atoms with Crippen molar-refractivity contribution in [3.63, 3.8) is 0 Å². The molecule has 1 aromatic heterocycles. The molecule has 2 saturated carbocycles. The molecule has 9 nitrogen and oxygen atoms in total. The fourth-order valence-corrected chi connectivity index (χ4v) is 4.79. The van der Waals surface area contributed by atoms with Crippen LogP contribution in [-0.2, 0) is 16.0 Å². The van der Waals surface area contributed by atoms with Gasteiger partial charge in [-0.2, -0.15) is 5.10 Å². The van der Waals surface area contributed by atoms with Crippen molar-refractivity contribution < 1.29 is 24.2 Å². The van der Waals surface area contributed by atoms with Crippen molar-refractivity contribution in [2.24, 2.45) is 0 Å². The Labute approximate surface area is 199 Å². The lowest BCUT2D eigenvalue weighted by atomic mass is 9.84. The number of carbonyl (C=O) groups excluding carboxylic acids is 2. The molecule has 4 N–H and O–H groups in total. The highest BCUT2D eigenvalue weighted by Gasteiger charge is 2.32. The van der Waals surface area contributed by atoms with E-state index in [-0.39, 0.29) is 36.5 Å². The van der Waals surface area contributed by atoms with Crippen LogP contribution in [-0.4, -0.2) is 52.2 Å². The van der Waals surface area contributed by atoms with Gasteiger partial charge >= 0.3 is 6.09 Å². The topological polar surface area (TPSA) is 126 Å². The van der Waals surface area contributed by atoms with Crippen molar-refractivity contribution in [1.29, 1.82) is 0 Å². The maximum Gasteiger partial charge on any atom is 0.407 e. The highest BCUT2D eigenvalue weighted by Crippen LogP contribution is 2.36. The molecule has 2 aromatic rings. The van der Waals surface area contributed by atoms with Crippen LogP contribution in [0.25, 0.3) is 0 Å². The Morgan fingerprint density at radius 3 is 2.62 bits per heavy atom. The van der Waals surface area contributed by atoms with Crippen molar-refractivity contribution in [3.05, 3.63) is 41.6 Å². The van der Waals surface area contributed by atoms with E-state index < -0.39 is 5.60 Å². The van der Waals surface area contributed by atoms with Crippen LogP contribution in [0.15, 0.2) is 30.3 Å². The van der Waals surface area contributed by atoms with Gasteiger partial charge in [-0.3, -0.25) is 9.89 Å². The first-order valence-electron chi connectivity index (χ1n) is 12.0. The number of methoxy groups -OCH3 is 1. The van der Waals surface area contributed by atoms with Gasteiger partial charge < -0.3 is 25.2 Å². The number of aliphatic hydroxyl groups is 1. The van der Waals surface area contributed by atoms with Gasteiger partial charge in [-0.1, -0.05) is 12.1 Å². The molecule has 1 aromatic carbocycles. The van der Waals surface area contributed by atoms with E-state index in [1.54, 1.807) is 7.11 Å². The highest BCUT2D eigenvalue weighted by molar-refractivity contribution is 5.91. The average Bonchev–Trinajstić information content (AvgIpc) is 3.45. The molecule has 2 aliphatic rings. The van der Waals surface area contributed by atoms with Crippen molar-refractivity contribution >= 4 is 17.8 Å². The molecule has 2 fully saturated rings. The van der Waals surface area contributed by atoms with Crippen LogP contribution >= 0.6 is 0 Å². The van der Waals surface area contributed by atoms with Gasteiger partial charge in [0.25, 0.3) is 0 Å². The third-order valence-corrected chi connectivity index (χ3v) is 6.87. The van der Waals surface area contributed by atoms with E-state index in [0.717, 1.165) is 42.7 Å². The van der Waals surface area contributed by atoms with E-state index in [9.17, 15) is 14.7 Å². The van der Waals surface area contributed by atoms with Gasteiger partial charge in [-0.25, -0.2) is 4.79 Å². The number of rotatable bonds is 7. The zero-order chi connectivity index (χ0) is 24.1. The van der Waals surface area contributed by atoms with Crippen LogP contribution in [0.5, 0.6) is 5.75 Å². The van der Waals surface area contributed by atoms with Crippen LogP contribution < -0.4 is 15.4 Å². The smallest absolute Gasteiger partial charge is 0.407 e. The molecule has 0 unspecified atom stereocenters. The Balaban J connectivity index is 1.21. The molecule has 2 atom stereocenters. The molecule has 2 aliphatic carbocycles. The van der Waals surface area contributed by atoms with Crippen molar-refractivity contribution in [2.45, 2.75) is 82.0 Å². The molecule has 2 amide bonds. The number of ether oxygens (including phenoxy) is 2. The maximum atomic E-state index is 12.4. The number of aromatic nitrogens is 2. The first-order valence-corrected chi connectivity index (χ1v) is 12.0. The Kier molecular flexibility index (Phi) is 7.41. The Morgan fingerprint density at radius 1 is 1.18 bits per heavy atom. The number of amides is 2. The Bertz CT molecular complexity index is 977. The second-order valence-electron chi connectivity index (χ2n) is 9.73. The van der Waals surface area contributed by atoms with Crippen molar-refractivity contribution in [3.8, 4) is 5.75 Å². The summed E-state index contributed by atoms with van der Waals surface area (Å²) in [6, 6.07) is 9.29. The molecule has 9 heteroatoms. The van der Waals surface area contributed by atoms with E-state index in [0.29, 0.717) is 25.1 Å². The molecule has 184 valence electrons. The lowest BCUT2D eigenvalue weighted by Crippen LogP contribution is -2.43. The molecule has 4 rings (SSSR count). The second kappa shape index (κ2) is 10.5. The number of nitrogens with one attached hydrogen (secondary N) is 3. The number of nitrogens with zero attached hydrogens (tertiary/aromatic N) is 1. The number of aromatic amines is 1. The van der Waals surface area contributed by atoms with Crippen molar-refractivity contribution in [1.82, 2.24) is 15.5 Å². The number of carbonyl (C=O) groups is 2. The van der Waals surface area contributed by atoms with Crippen LogP contribution in [0, 0.1) is 0 Å². The zero-order valence-corrected chi connectivity index (χ0v) is 19.8. The summed E-state index contributed by atoms with van der Waals surface area (Å²) in [4.78, 5) is 24.7. The summed E-state index contributed by atoms with van der Waals surface area (Å²) in [5.74, 6) is 1.29. The highest BCUT2D eigenvalue weighted by atomic mass is 16.6. The first kappa shape index (κ1) is 24.1. The molecule has 0 saturated heterocycles. The predicted molar refractivity (Wildman–Crippen MR) is 127 cm³/mol. The van der Waals surface area contributed by atoms with E-state index in [1.165, 1.54) is 0 Å². The number of benzene rings is 1. The van der Waals surface area contributed by atoms with E-state index in [1.807, 2.05) is 37.3 Å². The molecule has 0 bridgehead atoms. The average molecular weight is 471 g/mol. The van der Waals surface area contributed by atoms with Gasteiger partial charge in [0.15, 0.2) is 5.82 Å². The summed E-state index contributed by atoms with van der Waals surface area (Å²) in [5.41, 5.74) is 1.20. The largest absolute Gasteiger partial charge is 0.497 e. The van der Waals surface area contributed by atoms with Crippen LogP contribution in [0.1, 0.15) is 69.0 Å². The van der Waals surface area contributed by atoms with Crippen molar-refractivity contribution in [2.75, 3.05) is 12.4 Å². The minimum absolute atomic E-state index is 0.0571. The van der Waals surface area contributed by atoms with Gasteiger partial charge in [-0.15, -0.1) is 0 Å². The molecule has 1 heterocycles. The maximum absolute atomic E-state index is 12.4. The number of hydrogen-bond acceptors (Lipinski definition) is 6. The van der Waals surface area contributed by atoms with Gasteiger partial charge in [0, 0.05) is 23.7 Å². The predicted octanol–water partition coefficient (Wildman–Crippen LogP) is 3.66. The van der Waals surface area contributed by atoms with Crippen LogP contribution in [0.4, 0.5) is 10.6 Å². The lowest BCUT2D eigenvalue weighted by molar-refractivity contribution is -0.115. The number of anilines is 1. The van der Waals surface area contributed by atoms with Crippen LogP contribution in [0.3, 0.4) is 0 Å². The van der Waals surface area contributed by atoms with Gasteiger partial charge in [0.05, 0.1) is 19.1 Å². The van der Waals surface area contributed by atoms with E-state index >= 15 is 0 Å². The van der Waals surface area contributed by atoms with Gasteiger partial charge in [-0.05, 0) is 69.6 Å². The lowest BCUT2D eigenvalue weighted by Gasteiger charge is -2.33. The summed E-state index contributed by atoms with van der Waals surface area (Å²) >= 11 is 0. The second-order valence-corrected chi connectivity index (χ2v) is 9.73. The van der Waals surface area contributed by atoms with E-state index in [2.05, 4.69) is 20.8 Å². The SMILES string of the molecule is COc1ccc(CC(=O)Nc2cc([C@H]3CC[C@@H](OC(=O)NC4CCC(C)(O)CC4)C3)[nH]n2)cc1. The normalized spacial score (nSPS) is 26.6. The summed E-state index contributed by atoms with van der Waals surface area (Å²) in [6.07, 6.45) is 4.99. The summed E-state index contributed by atoms with van der Waals surface area (Å²) < 4.78 is 10.8. The molecule has 0 radical (unpaired) electrons. The summed E-state index contributed by atoms with van der Waals surface area (Å²) in [5, 5.41) is 23.1. The Hall–Kier alpha value is -3.07. The van der Waals surface area contributed by atoms with Gasteiger partial charge in [0.2, 0.25) is 5.91 Å². The zero-order valence-electron chi connectivity index (χ0n) is 19.8. The molecule has 0 spiro atoms. The molecular weight excluding hydrogens is 436 g/mol. The summed E-state index contributed by atoms with van der Waals surface area (Å²) in [7, 11) is 1.61. The Morgan fingerprint density at radius 2 is 1.91 bits per heavy atom. The minimum atomic E-state index is -0.626. The summed E-state index contributed by atoms with van der Waals surface area (Å²) in [6.45, 7) is 1.84. The number of H-pyrrole nitrogens is 1. The van der Waals surface area contributed by atoms with E-state index in [4.69, 9.17) is 9.47 Å². The number of alkyl carbamates (subject to hydrolysis) is 1. The fraction of sp³-hybridized carbons (Fsp3) is 0.560. The fourth-order valence-electron chi connectivity index (χ4n) is 4.79. The molecular formula is C25H34N4O5. The third-order valence-electron chi connectivity index (χ3n) is 6.87. The van der Waals surface area contributed by atoms with Gasteiger partial charge in [0.1, 0.15) is 11.9 Å². The van der Waals surface area contributed by atoms with Crippen LogP contribution in [0.2, 0.25) is 0 Å². The minimum Gasteiger partial charge on any atom is -0.497 e. The molecule has 34 heavy (non-hydrogen) atoms. The monoisotopic (exact) mass is 470 g/mol. The quantitative estimate of drug-likeness (QED) is 0.489. The number of hydrogen-bond donors (Lipinski definition) is 4. The first-order chi connectivity index (χ1) is 16.3. The molecule has 0 aliphatic heterocycles. The standard InChI is InChI=1S/C25H34N4O5/c1-25(32)11-9-18(10-12-25)26-24(31)34-20-8-5-17(14-20)21-15-22(29-28-21)27-23(30)13-16-3-6-19(33-2)7-4-16/h3-4,6-7,15,17-18,20,32H,5,8-14H2,1-2H3,(H,26,31)(H2,27,28,29,30)/t17-,18?,20+,25?/m0/s1.